The first-order chi connectivity index (χ1) is 11.2. The summed E-state index contributed by atoms with van der Waals surface area (Å²) in [7, 11) is 0. The van der Waals surface area contributed by atoms with Crippen molar-refractivity contribution in [3.05, 3.63) is 35.1 Å². The van der Waals surface area contributed by atoms with Crippen LogP contribution in [0.2, 0.25) is 0 Å². The predicted octanol–water partition coefficient (Wildman–Crippen LogP) is 3.43. The molecule has 2 saturated heterocycles. The Kier molecular flexibility index (Phi) is 4.16. The molecule has 1 spiro atoms. The monoisotopic (exact) mass is 319 g/mol. The fourth-order valence-electron chi connectivity index (χ4n) is 4.79. The van der Waals surface area contributed by atoms with Crippen molar-refractivity contribution in [1.29, 1.82) is 0 Å². The summed E-state index contributed by atoms with van der Waals surface area (Å²) >= 11 is 0. The third-order valence-corrected chi connectivity index (χ3v) is 6.05. The van der Waals surface area contributed by atoms with Crippen LogP contribution >= 0.6 is 0 Å². The number of fused-ring (bicyclic) bond motifs is 2. The molecule has 0 bridgehead atoms. The zero-order valence-electron chi connectivity index (χ0n) is 13.9. The van der Waals surface area contributed by atoms with E-state index in [9.17, 15) is 4.39 Å². The second-order valence-electron chi connectivity index (χ2n) is 7.21. The number of halogens is 1. The van der Waals surface area contributed by atoms with E-state index in [2.05, 4.69) is 4.90 Å². The van der Waals surface area contributed by atoms with E-state index >= 15 is 0 Å². The molecule has 23 heavy (non-hydrogen) atoms. The topological polar surface area (TPSA) is 21.7 Å². The second-order valence-corrected chi connectivity index (χ2v) is 7.21. The molecule has 0 saturated carbocycles. The van der Waals surface area contributed by atoms with Crippen LogP contribution in [0.5, 0.6) is 0 Å². The van der Waals surface area contributed by atoms with Crippen molar-refractivity contribution in [2.45, 2.75) is 50.2 Å². The molecule has 0 radical (unpaired) electrons. The highest BCUT2D eigenvalue weighted by atomic mass is 19.1. The van der Waals surface area contributed by atoms with Crippen LogP contribution in [-0.4, -0.2) is 43.9 Å². The third kappa shape index (κ3) is 2.71. The van der Waals surface area contributed by atoms with Crippen molar-refractivity contribution in [3.8, 4) is 0 Å². The molecule has 2 unspecified atom stereocenters. The third-order valence-electron chi connectivity index (χ3n) is 6.05. The fourth-order valence-corrected chi connectivity index (χ4v) is 4.79. The summed E-state index contributed by atoms with van der Waals surface area (Å²) in [6.45, 7) is 6.69. The van der Waals surface area contributed by atoms with Gasteiger partial charge < -0.3 is 9.47 Å². The lowest BCUT2D eigenvalue weighted by Crippen LogP contribution is -2.46. The van der Waals surface area contributed by atoms with E-state index in [1.54, 1.807) is 12.1 Å². The maximum atomic E-state index is 13.9. The molecule has 126 valence electrons. The summed E-state index contributed by atoms with van der Waals surface area (Å²) in [5.74, 6) is -0.119. The highest BCUT2D eigenvalue weighted by molar-refractivity contribution is 5.42. The van der Waals surface area contributed by atoms with E-state index in [0.717, 1.165) is 52.0 Å². The first kappa shape index (κ1) is 15.6. The van der Waals surface area contributed by atoms with Gasteiger partial charge in [0.15, 0.2) is 0 Å². The molecule has 3 nitrogen and oxygen atoms in total. The molecule has 1 aromatic carbocycles. The van der Waals surface area contributed by atoms with Crippen molar-refractivity contribution in [2.75, 3.05) is 32.9 Å². The minimum Gasteiger partial charge on any atom is -0.380 e. The molecule has 2 atom stereocenters. The summed E-state index contributed by atoms with van der Waals surface area (Å²) in [6.07, 6.45) is 4.50. The van der Waals surface area contributed by atoms with Gasteiger partial charge in [-0.1, -0.05) is 6.07 Å². The summed E-state index contributed by atoms with van der Waals surface area (Å²) in [6, 6.07) is 5.87. The van der Waals surface area contributed by atoms with Crippen molar-refractivity contribution < 1.29 is 13.9 Å². The van der Waals surface area contributed by atoms with E-state index in [1.165, 1.54) is 11.1 Å². The maximum absolute atomic E-state index is 13.9. The van der Waals surface area contributed by atoms with Gasteiger partial charge in [0.25, 0.3) is 0 Å². The Morgan fingerprint density at radius 1 is 1.35 bits per heavy atom. The standard InChI is InChI=1S/C19H26FNO2/c1-2-23-18-12-19(17-11-14(20)3-4-16(17)18)6-8-21(9-7-19)15-5-10-22-13-15/h3-4,11,15,18H,2,5-10,12-13H2,1H3. The molecule has 4 rings (SSSR count). The number of likely N-dealkylation sites (tertiary alicyclic amines) is 1. The van der Waals surface area contributed by atoms with Crippen molar-refractivity contribution in [1.82, 2.24) is 4.90 Å². The van der Waals surface area contributed by atoms with Gasteiger partial charge in [0.05, 0.1) is 12.7 Å². The molecule has 2 fully saturated rings. The van der Waals surface area contributed by atoms with E-state index < -0.39 is 0 Å². The predicted molar refractivity (Wildman–Crippen MR) is 87.1 cm³/mol. The average Bonchev–Trinajstić information content (AvgIpc) is 3.17. The van der Waals surface area contributed by atoms with Gasteiger partial charge >= 0.3 is 0 Å². The van der Waals surface area contributed by atoms with Crippen molar-refractivity contribution in [2.24, 2.45) is 0 Å². The molecule has 4 heteroatoms. The van der Waals surface area contributed by atoms with Gasteiger partial charge in [-0.3, -0.25) is 4.90 Å². The number of benzene rings is 1. The van der Waals surface area contributed by atoms with E-state index in [1.807, 2.05) is 13.0 Å². The molecule has 2 heterocycles. The van der Waals surface area contributed by atoms with Crippen LogP contribution in [0.1, 0.15) is 49.8 Å². The Bertz CT molecular complexity index is 562. The van der Waals surface area contributed by atoms with Crippen LogP contribution in [0, 0.1) is 5.82 Å². The van der Waals surface area contributed by atoms with Crippen LogP contribution in [-0.2, 0) is 14.9 Å². The van der Waals surface area contributed by atoms with Crippen molar-refractivity contribution >= 4 is 0 Å². The lowest BCUT2D eigenvalue weighted by Gasteiger charge is -2.42. The number of ether oxygens (including phenoxy) is 2. The van der Waals surface area contributed by atoms with Gasteiger partial charge in [-0.2, -0.15) is 0 Å². The Morgan fingerprint density at radius 3 is 2.87 bits per heavy atom. The van der Waals surface area contributed by atoms with Crippen LogP contribution in [0.25, 0.3) is 0 Å². The first-order valence-electron chi connectivity index (χ1n) is 8.95. The quantitative estimate of drug-likeness (QED) is 0.852. The van der Waals surface area contributed by atoms with Gasteiger partial charge in [0.1, 0.15) is 5.82 Å². The number of hydrogen-bond donors (Lipinski definition) is 0. The molecule has 0 aromatic heterocycles. The zero-order chi connectivity index (χ0) is 15.9. The molecular weight excluding hydrogens is 293 g/mol. The summed E-state index contributed by atoms with van der Waals surface area (Å²) in [5.41, 5.74) is 2.52. The fraction of sp³-hybridized carbons (Fsp3) is 0.684. The number of nitrogens with zero attached hydrogens (tertiary/aromatic N) is 1. The minimum atomic E-state index is -0.119. The Morgan fingerprint density at radius 2 is 2.17 bits per heavy atom. The highest BCUT2D eigenvalue weighted by Crippen LogP contribution is 2.52. The highest BCUT2D eigenvalue weighted by Gasteiger charge is 2.46. The van der Waals surface area contributed by atoms with Crippen LogP contribution < -0.4 is 0 Å². The van der Waals surface area contributed by atoms with Crippen LogP contribution in [0.15, 0.2) is 18.2 Å². The van der Waals surface area contributed by atoms with Gasteiger partial charge in [-0.05, 0) is 69.0 Å². The lowest BCUT2D eigenvalue weighted by molar-refractivity contribution is 0.0345. The molecule has 0 amide bonds. The van der Waals surface area contributed by atoms with Gasteiger partial charge in [-0.25, -0.2) is 4.39 Å². The van der Waals surface area contributed by atoms with E-state index in [4.69, 9.17) is 9.47 Å². The molecule has 0 N–H and O–H groups in total. The minimum absolute atomic E-state index is 0.104. The Hall–Kier alpha value is -0.970. The smallest absolute Gasteiger partial charge is 0.123 e. The molecule has 1 aromatic rings. The SMILES string of the molecule is CCOC1CC2(CCN(C3CCOC3)CC2)c2cc(F)ccc21. The van der Waals surface area contributed by atoms with Gasteiger partial charge in [0.2, 0.25) is 0 Å². The number of piperidine rings is 1. The van der Waals surface area contributed by atoms with E-state index in [-0.39, 0.29) is 17.3 Å². The maximum Gasteiger partial charge on any atom is 0.123 e. The second kappa shape index (κ2) is 6.15. The molecule has 2 aliphatic heterocycles. The Balaban J connectivity index is 1.56. The van der Waals surface area contributed by atoms with Crippen LogP contribution in [0.3, 0.4) is 0 Å². The first-order valence-corrected chi connectivity index (χ1v) is 8.95. The van der Waals surface area contributed by atoms with Gasteiger partial charge in [0, 0.05) is 24.7 Å². The Labute approximate surface area is 137 Å². The van der Waals surface area contributed by atoms with E-state index in [0.29, 0.717) is 12.6 Å². The van der Waals surface area contributed by atoms with Crippen LogP contribution in [0.4, 0.5) is 4.39 Å². The molecule has 1 aliphatic carbocycles. The summed E-state index contributed by atoms with van der Waals surface area (Å²) in [4.78, 5) is 2.57. The lowest BCUT2D eigenvalue weighted by atomic mass is 9.73. The summed E-state index contributed by atoms with van der Waals surface area (Å²) < 4.78 is 25.4. The average molecular weight is 319 g/mol. The number of rotatable bonds is 3. The van der Waals surface area contributed by atoms with Gasteiger partial charge in [-0.15, -0.1) is 0 Å². The number of hydrogen-bond acceptors (Lipinski definition) is 3. The van der Waals surface area contributed by atoms with Crippen molar-refractivity contribution in [3.63, 3.8) is 0 Å². The molecule has 3 aliphatic rings. The largest absolute Gasteiger partial charge is 0.380 e. The molecular formula is C19H26FNO2. The normalized spacial score (nSPS) is 30.0. The summed E-state index contributed by atoms with van der Waals surface area (Å²) in [5, 5.41) is 0. The zero-order valence-corrected chi connectivity index (χ0v) is 13.9.